The second kappa shape index (κ2) is 7.22. The number of nitrogens with two attached hydrogens (primary N) is 1. The molecule has 0 saturated carbocycles. The summed E-state index contributed by atoms with van der Waals surface area (Å²) >= 11 is 0. The van der Waals surface area contributed by atoms with Crippen molar-refractivity contribution < 1.29 is 14.7 Å². The van der Waals surface area contributed by atoms with Crippen molar-refractivity contribution in [3.8, 4) is 0 Å². The van der Waals surface area contributed by atoms with Crippen molar-refractivity contribution >= 4 is 11.9 Å². The van der Waals surface area contributed by atoms with Crippen molar-refractivity contribution in [2.45, 2.75) is 45.7 Å². The van der Waals surface area contributed by atoms with Gasteiger partial charge < -0.3 is 16.2 Å². The quantitative estimate of drug-likeness (QED) is 0.748. The van der Waals surface area contributed by atoms with Crippen molar-refractivity contribution in [3.63, 3.8) is 0 Å². The van der Waals surface area contributed by atoms with Gasteiger partial charge in [-0.25, -0.2) is 4.79 Å². The number of carbonyl (C=O) groups excluding carboxylic acids is 1. The first-order valence-corrected chi connectivity index (χ1v) is 7.04. The average molecular weight is 292 g/mol. The molecule has 0 aliphatic heterocycles. The summed E-state index contributed by atoms with van der Waals surface area (Å²) in [6, 6.07) is 8.40. The summed E-state index contributed by atoms with van der Waals surface area (Å²) in [6.07, 6.45) is 0.683. The number of benzene rings is 1. The Hall–Kier alpha value is -1.88. The van der Waals surface area contributed by atoms with E-state index in [1.165, 1.54) is 0 Å². The van der Waals surface area contributed by atoms with Gasteiger partial charge in [-0.3, -0.25) is 4.79 Å². The maximum absolute atomic E-state index is 11.9. The van der Waals surface area contributed by atoms with Gasteiger partial charge in [-0.15, -0.1) is 0 Å². The molecule has 1 amide bonds. The van der Waals surface area contributed by atoms with E-state index in [0.717, 1.165) is 5.56 Å². The summed E-state index contributed by atoms with van der Waals surface area (Å²) in [5.41, 5.74) is 6.45. The highest BCUT2D eigenvalue weighted by atomic mass is 16.4. The minimum atomic E-state index is -1.02. The zero-order chi connectivity index (χ0) is 16.0. The number of carboxylic acids is 1. The molecular weight excluding hydrogens is 268 g/mol. The van der Waals surface area contributed by atoms with E-state index in [9.17, 15) is 14.7 Å². The Bertz CT molecular complexity index is 480. The standard InChI is InChI=1S/C16H24N2O3/c1-16(2,3)14(15(20)21)18-13(19)10-9-12(17)11-7-5-4-6-8-11/h4-8,12,14H,9-10,17H2,1-3H3,(H,18,19)(H,20,21)/t12?,14-/m0/s1. The van der Waals surface area contributed by atoms with Crippen LogP contribution in [-0.4, -0.2) is 23.0 Å². The monoisotopic (exact) mass is 292 g/mol. The van der Waals surface area contributed by atoms with Crippen molar-refractivity contribution in [1.82, 2.24) is 5.32 Å². The molecule has 2 atom stereocenters. The minimum Gasteiger partial charge on any atom is -0.480 e. The molecule has 0 fully saturated rings. The third kappa shape index (κ3) is 5.55. The molecule has 5 heteroatoms. The summed E-state index contributed by atoms with van der Waals surface area (Å²) in [6.45, 7) is 5.34. The molecule has 0 aliphatic carbocycles. The van der Waals surface area contributed by atoms with Crippen LogP contribution in [0.1, 0.15) is 45.2 Å². The first kappa shape index (κ1) is 17.2. The number of rotatable bonds is 6. The smallest absolute Gasteiger partial charge is 0.326 e. The van der Waals surface area contributed by atoms with Gasteiger partial charge in [0.2, 0.25) is 5.91 Å². The van der Waals surface area contributed by atoms with Crippen LogP contribution >= 0.6 is 0 Å². The van der Waals surface area contributed by atoms with E-state index in [0.29, 0.717) is 6.42 Å². The number of hydrogen-bond acceptors (Lipinski definition) is 3. The topological polar surface area (TPSA) is 92.4 Å². The summed E-state index contributed by atoms with van der Waals surface area (Å²) < 4.78 is 0. The lowest BCUT2D eigenvalue weighted by molar-refractivity contribution is -0.145. The van der Waals surface area contributed by atoms with Crippen LogP contribution in [0.5, 0.6) is 0 Å². The van der Waals surface area contributed by atoms with E-state index >= 15 is 0 Å². The normalized spacial score (nSPS) is 14.3. The van der Waals surface area contributed by atoms with E-state index in [-0.39, 0.29) is 18.4 Å². The van der Waals surface area contributed by atoms with Crippen LogP contribution in [0.4, 0.5) is 0 Å². The molecule has 0 radical (unpaired) electrons. The largest absolute Gasteiger partial charge is 0.480 e. The predicted octanol–water partition coefficient (Wildman–Crippen LogP) is 2.08. The lowest BCUT2D eigenvalue weighted by Crippen LogP contribution is -2.49. The highest BCUT2D eigenvalue weighted by Crippen LogP contribution is 2.20. The average Bonchev–Trinajstić information content (AvgIpc) is 2.41. The number of hydrogen-bond donors (Lipinski definition) is 3. The fourth-order valence-corrected chi connectivity index (χ4v) is 2.04. The summed E-state index contributed by atoms with van der Waals surface area (Å²) in [5, 5.41) is 11.7. The molecule has 0 spiro atoms. The maximum Gasteiger partial charge on any atom is 0.326 e. The first-order chi connectivity index (χ1) is 9.71. The molecule has 1 aromatic carbocycles. The van der Waals surface area contributed by atoms with E-state index in [1.807, 2.05) is 30.3 Å². The molecule has 21 heavy (non-hydrogen) atoms. The van der Waals surface area contributed by atoms with Crippen molar-refractivity contribution in [2.24, 2.45) is 11.1 Å². The Morgan fingerprint density at radius 1 is 1.24 bits per heavy atom. The molecule has 0 aromatic heterocycles. The Kier molecular flexibility index (Phi) is 5.90. The fraction of sp³-hybridized carbons (Fsp3) is 0.500. The molecule has 116 valence electrons. The number of aliphatic carboxylic acids is 1. The molecule has 5 nitrogen and oxygen atoms in total. The van der Waals surface area contributed by atoms with Gasteiger partial charge in [0, 0.05) is 12.5 Å². The molecule has 0 saturated heterocycles. The van der Waals surface area contributed by atoms with E-state index in [2.05, 4.69) is 5.32 Å². The molecule has 0 aliphatic rings. The van der Waals surface area contributed by atoms with E-state index in [4.69, 9.17) is 5.73 Å². The van der Waals surface area contributed by atoms with Crippen LogP contribution in [-0.2, 0) is 9.59 Å². The molecule has 1 rings (SSSR count). The Balaban J connectivity index is 2.52. The van der Waals surface area contributed by atoms with Gasteiger partial charge in [-0.2, -0.15) is 0 Å². The second-order valence-electron chi connectivity index (χ2n) is 6.26. The highest BCUT2D eigenvalue weighted by molar-refractivity contribution is 5.84. The zero-order valence-corrected chi connectivity index (χ0v) is 12.8. The first-order valence-electron chi connectivity index (χ1n) is 7.04. The third-order valence-electron chi connectivity index (χ3n) is 3.33. The zero-order valence-electron chi connectivity index (χ0n) is 12.8. The van der Waals surface area contributed by atoms with Gasteiger partial charge in [-0.1, -0.05) is 51.1 Å². The van der Waals surface area contributed by atoms with E-state index in [1.54, 1.807) is 20.8 Å². The Labute approximate surface area is 125 Å². The van der Waals surface area contributed by atoms with Gasteiger partial charge >= 0.3 is 5.97 Å². The van der Waals surface area contributed by atoms with Gasteiger partial charge in [-0.05, 0) is 17.4 Å². The predicted molar refractivity (Wildman–Crippen MR) is 81.6 cm³/mol. The van der Waals surface area contributed by atoms with Gasteiger partial charge in [0.15, 0.2) is 0 Å². The van der Waals surface area contributed by atoms with Gasteiger partial charge in [0.25, 0.3) is 0 Å². The third-order valence-corrected chi connectivity index (χ3v) is 3.33. The SMILES string of the molecule is CC(C)(C)[C@@H](NC(=O)CCC(N)c1ccccc1)C(=O)O. The summed E-state index contributed by atoms with van der Waals surface area (Å²) in [7, 11) is 0. The van der Waals surface area contributed by atoms with Gasteiger partial charge in [0.1, 0.15) is 6.04 Å². The molecule has 0 bridgehead atoms. The lowest BCUT2D eigenvalue weighted by atomic mass is 9.86. The molecule has 0 heterocycles. The van der Waals surface area contributed by atoms with E-state index < -0.39 is 17.4 Å². The second-order valence-corrected chi connectivity index (χ2v) is 6.26. The van der Waals surface area contributed by atoms with Crippen LogP contribution in [0.2, 0.25) is 0 Å². The molecule has 1 aromatic rings. The Morgan fingerprint density at radius 2 is 1.81 bits per heavy atom. The number of nitrogens with one attached hydrogen (secondary N) is 1. The number of carbonyl (C=O) groups is 2. The Morgan fingerprint density at radius 3 is 2.29 bits per heavy atom. The number of carboxylic acid groups (broad SMARTS) is 1. The van der Waals surface area contributed by atoms with Gasteiger partial charge in [0.05, 0.1) is 0 Å². The van der Waals surface area contributed by atoms with Crippen molar-refractivity contribution in [1.29, 1.82) is 0 Å². The number of amides is 1. The van der Waals surface area contributed by atoms with Crippen LogP contribution in [0.3, 0.4) is 0 Å². The maximum atomic E-state index is 11.9. The van der Waals surface area contributed by atoms with Crippen LogP contribution in [0.15, 0.2) is 30.3 Å². The van der Waals surface area contributed by atoms with Crippen LogP contribution in [0.25, 0.3) is 0 Å². The molecule has 4 N–H and O–H groups in total. The summed E-state index contributed by atoms with van der Waals surface area (Å²) in [4.78, 5) is 23.1. The van der Waals surface area contributed by atoms with Crippen molar-refractivity contribution in [3.05, 3.63) is 35.9 Å². The fourth-order valence-electron chi connectivity index (χ4n) is 2.04. The highest BCUT2D eigenvalue weighted by Gasteiger charge is 2.32. The van der Waals surface area contributed by atoms with Crippen LogP contribution in [0, 0.1) is 5.41 Å². The molecule has 1 unspecified atom stereocenters. The lowest BCUT2D eigenvalue weighted by Gasteiger charge is -2.27. The minimum absolute atomic E-state index is 0.204. The molecular formula is C16H24N2O3. The van der Waals surface area contributed by atoms with Crippen molar-refractivity contribution in [2.75, 3.05) is 0 Å². The van der Waals surface area contributed by atoms with Crippen LogP contribution < -0.4 is 11.1 Å². The summed E-state index contributed by atoms with van der Waals surface area (Å²) in [5.74, 6) is -1.31.